The molecule has 21 heavy (non-hydrogen) atoms. The number of rotatable bonds is 7. The maximum atomic E-state index is 13.0. The minimum absolute atomic E-state index is 0.0651. The fraction of sp³-hybridized carbons (Fsp3) is 0.800. The van der Waals surface area contributed by atoms with Crippen LogP contribution in [-0.2, 0) is 4.79 Å². The maximum absolute atomic E-state index is 13.0. The number of nitrogens with zero attached hydrogens (tertiary/aromatic N) is 2. The van der Waals surface area contributed by atoms with Crippen molar-refractivity contribution in [2.75, 3.05) is 6.54 Å². The van der Waals surface area contributed by atoms with Crippen molar-refractivity contribution in [3.63, 3.8) is 0 Å². The topological polar surface area (TPSA) is 53.8 Å². The third kappa shape index (κ3) is 5.07. The highest BCUT2D eigenvalue weighted by molar-refractivity contribution is 5.76. The van der Waals surface area contributed by atoms with Gasteiger partial charge in [-0.15, -0.1) is 12.3 Å². The highest BCUT2D eigenvalue weighted by Gasteiger charge is 2.39. The average Bonchev–Trinajstić information content (AvgIpc) is 3.22. The molecule has 1 aliphatic carbocycles. The summed E-state index contributed by atoms with van der Waals surface area (Å²) in [6.45, 7) is 0.487. The zero-order valence-electron chi connectivity index (χ0n) is 12.1. The van der Waals surface area contributed by atoms with Gasteiger partial charge < -0.3 is 5.32 Å². The molecule has 4 nitrogen and oxygen atoms in total. The number of hydrogen-bond donors (Lipinski definition) is 1. The van der Waals surface area contributed by atoms with E-state index in [-0.39, 0.29) is 24.7 Å². The zero-order chi connectivity index (χ0) is 15.3. The number of amides is 1. The van der Waals surface area contributed by atoms with Gasteiger partial charge >= 0.3 is 0 Å². The van der Waals surface area contributed by atoms with E-state index < -0.39 is 11.6 Å². The quantitative estimate of drug-likeness (QED) is 0.720. The van der Waals surface area contributed by atoms with E-state index >= 15 is 0 Å². The van der Waals surface area contributed by atoms with Crippen molar-refractivity contribution in [1.29, 1.82) is 0 Å². The molecule has 0 aromatic rings. The fourth-order valence-electron chi connectivity index (χ4n) is 2.63. The van der Waals surface area contributed by atoms with Crippen LogP contribution >= 0.6 is 0 Å². The molecule has 116 valence electrons. The Balaban J connectivity index is 1.59. The van der Waals surface area contributed by atoms with E-state index in [0.29, 0.717) is 45.1 Å². The second-order valence-corrected chi connectivity index (χ2v) is 5.99. The fourth-order valence-corrected chi connectivity index (χ4v) is 2.63. The van der Waals surface area contributed by atoms with Gasteiger partial charge in [0, 0.05) is 45.1 Å². The summed E-state index contributed by atoms with van der Waals surface area (Å²) in [4.78, 5) is 11.8. The zero-order valence-corrected chi connectivity index (χ0v) is 12.1. The Labute approximate surface area is 123 Å². The minimum atomic E-state index is -2.51. The van der Waals surface area contributed by atoms with Crippen molar-refractivity contribution in [1.82, 2.24) is 5.32 Å². The van der Waals surface area contributed by atoms with Crippen molar-refractivity contribution in [2.45, 2.75) is 63.0 Å². The van der Waals surface area contributed by atoms with Gasteiger partial charge in [0.15, 0.2) is 5.66 Å². The molecule has 0 aromatic carbocycles. The molecule has 0 aromatic heterocycles. The van der Waals surface area contributed by atoms with E-state index in [9.17, 15) is 13.6 Å². The summed E-state index contributed by atoms with van der Waals surface area (Å²) in [5.74, 6) is 0.130. The van der Waals surface area contributed by atoms with Crippen LogP contribution < -0.4 is 5.32 Å². The third-order valence-corrected chi connectivity index (χ3v) is 4.23. The minimum Gasteiger partial charge on any atom is -0.356 e. The number of terminal acetylenes is 1. The van der Waals surface area contributed by atoms with E-state index in [1.54, 1.807) is 0 Å². The van der Waals surface area contributed by atoms with E-state index in [2.05, 4.69) is 21.5 Å². The van der Waals surface area contributed by atoms with Gasteiger partial charge in [-0.25, -0.2) is 8.78 Å². The monoisotopic (exact) mass is 297 g/mol. The Morgan fingerprint density at radius 1 is 1.29 bits per heavy atom. The first-order valence-electron chi connectivity index (χ1n) is 7.47. The van der Waals surface area contributed by atoms with E-state index in [0.717, 1.165) is 0 Å². The Kier molecular flexibility index (Phi) is 4.92. The summed E-state index contributed by atoms with van der Waals surface area (Å²) in [6.07, 6.45) is 8.23. The lowest BCUT2D eigenvalue weighted by Crippen LogP contribution is -2.34. The largest absolute Gasteiger partial charge is 0.356 e. The Bertz CT molecular complexity index is 440. The number of halogens is 2. The molecule has 0 saturated heterocycles. The number of carbonyl (C=O) groups excluding carboxylic acids is 1. The van der Waals surface area contributed by atoms with Crippen LogP contribution in [0.15, 0.2) is 10.2 Å². The van der Waals surface area contributed by atoms with Crippen LogP contribution in [0.2, 0.25) is 0 Å². The first-order chi connectivity index (χ1) is 9.95. The number of nitrogens with one attached hydrogen (secondary N) is 1. The maximum Gasteiger partial charge on any atom is 0.248 e. The first-order valence-corrected chi connectivity index (χ1v) is 7.47. The highest BCUT2D eigenvalue weighted by Crippen LogP contribution is 2.38. The van der Waals surface area contributed by atoms with Crippen LogP contribution in [0.4, 0.5) is 8.78 Å². The molecule has 1 N–H and O–H groups in total. The van der Waals surface area contributed by atoms with Gasteiger partial charge in [-0.05, 0) is 18.8 Å². The molecule has 6 heteroatoms. The van der Waals surface area contributed by atoms with Gasteiger partial charge in [0.25, 0.3) is 0 Å². The van der Waals surface area contributed by atoms with E-state index in [1.165, 1.54) is 0 Å². The predicted molar refractivity (Wildman–Crippen MR) is 74.8 cm³/mol. The van der Waals surface area contributed by atoms with Crippen LogP contribution in [0.1, 0.15) is 51.4 Å². The molecule has 1 saturated carbocycles. The molecule has 0 unspecified atom stereocenters. The molecular weight excluding hydrogens is 276 g/mol. The summed E-state index contributed by atoms with van der Waals surface area (Å²) >= 11 is 0. The van der Waals surface area contributed by atoms with Crippen molar-refractivity contribution < 1.29 is 13.6 Å². The van der Waals surface area contributed by atoms with Crippen LogP contribution in [0.25, 0.3) is 0 Å². The second-order valence-electron chi connectivity index (χ2n) is 5.99. The van der Waals surface area contributed by atoms with Crippen molar-refractivity contribution >= 4 is 5.91 Å². The summed E-state index contributed by atoms with van der Waals surface area (Å²) in [6, 6.07) is 0. The summed E-state index contributed by atoms with van der Waals surface area (Å²) in [5.41, 5.74) is -0.434. The van der Waals surface area contributed by atoms with Gasteiger partial charge in [0.1, 0.15) is 0 Å². The molecule has 1 aliphatic heterocycles. The summed E-state index contributed by atoms with van der Waals surface area (Å²) < 4.78 is 26.0. The number of carbonyl (C=O) groups is 1. The van der Waals surface area contributed by atoms with Crippen LogP contribution in [0, 0.1) is 18.3 Å². The highest BCUT2D eigenvalue weighted by atomic mass is 19.3. The molecule has 1 heterocycles. The molecule has 2 aliphatic rings. The van der Waals surface area contributed by atoms with Crippen LogP contribution in [0.3, 0.4) is 0 Å². The molecular formula is C15H21F2N3O. The molecule has 0 radical (unpaired) electrons. The molecule has 0 atom stereocenters. The van der Waals surface area contributed by atoms with E-state index in [4.69, 9.17) is 6.42 Å². The average molecular weight is 297 g/mol. The molecule has 0 bridgehead atoms. The smallest absolute Gasteiger partial charge is 0.248 e. The van der Waals surface area contributed by atoms with Gasteiger partial charge in [0.05, 0.1) is 0 Å². The number of alkyl halides is 2. The molecule has 1 amide bonds. The Morgan fingerprint density at radius 3 is 2.52 bits per heavy atom. The molecule has 2 rings (SSSR count). The van der Waals surface area contributed by atoms with Crippen LogP contribution in [-0.4, -0.2) is 24.0 Å². The Hall–Kier alpha value is -1.51. The second kappa shape index (κ2) is 6.50. The van der Waals surface area contributed by atoms with Crippen molar-refractivity contribution in [3.05, 3.63) is 0 Å². The lowest BCUT2D eigenvalue weighted by Gasteiger charge is -2.28. The van der Waals surface area contributed by atoms with Crippen LogP contribution in [0.5, 0.6) is 0 Å². The van der Waals surface area contributed by atoms with Gasteiger partial charge in [-0.3, -0.25) is 4.79 Å². The molecule has 0 spiro atoms. The summed E-state index contributed by atoms with van der Waals surface area (Å²) in [7, 11) is 0. The number of hydrogen-bond acceptors (Lipinski definition) is 3. The van der Waals surface area contributed by atoms with E-state index in [1.807, 2.05) is 0 Å². The van der Waals surface area contributed by atoms with Crippen molar-refractivity contribution in [3.8, 4) is 12.3 Å². The Morgan fingerprint density at radius 2 is 1.95 bits per heavy atom. The van der Waals surface area contributed by atoms with Crippen molar-refractivity contribution in [2.24, 2.45) is 16.1 Å². The SMILES string of the molecule is C#CCCC1(CCC(=O)NCC2CCC(F)(F)CC2)N=N1. The van der Waals surface area contributed by atoms with Gasteiger partial charge in [-0.1, -0.05) is 0 Å². The standard InChI is InChI=1S/C15H21F2N3O/c1-2-3-7-15(19-20-15)10-6-13(21)18-11-12-4-8-14(16,17)9-5-12/h1,12H,3-11H2,(H,18,21). The normalized spacial score (nSPS) is 22.5. The summed E-state index contributed by atoms with van der Waals surface area (Å²) in [5, 5.41) is 10.8. The lowest BCUT2D eigenvalue weighted by molar-refractivity contribution is -0.121. The van der Waals surface area contributed by atoms with Gasteiger partial charge in [0.2, 0.25) is 11.8 Å². The third-order valence-electron chi connectivity index (χ3n) is 4.23. The molecule has 1 fully saturated rings. The lowest BCUT2D eigenvalue weighted by atomic mass is 9.87. The predicted octanol–water partition coefficient (Wildman–Crippen LogP) is 3.28. The first kappa shape index (κ1) is 15.9. The van der Waals surface area contributed by atoms with Gasteiger partial charge in [-0.2, -0.15) is 10.2 Å².